The molecule has 0 radical (unpaired) electrons. The predicted molar refractivity (Wildman–Crippen MR) is 76.0 cm³/mol. The van der Waals surface area contributed by atoms with Crippen molar-refractivity contribution >= 4 is 12.0 Å². The van der Waals surface area contributed by atoms with Crippen LogP contribution in [0.25, 0.3) is 6.08 Å². The van der Waals surface area contributed by atoms with E-state index in [2.05, 4.69) is 12.5 Å². The van der Waals surface area contributed by atoms with Crippen LogP contribution in [0.4, 0.5) is 0 Å². The van der Waals surface area contributed by atoms with E-state index < -0.39 is 12.1 Å². The Kier molecular flexibility index (Phi) is 6.04. The van der Waals surface area contributed by atoms with Gasteiger partial charge in [0.1, 0.15) is 18.6 Å². The number of hydrogen-bond donors (Lipinski definition) is 0. The second-order valence-corrected chi connectivity index (χ2v) is 3.97. The third-order valence-corrected chi connectivity index (χ3v) is 2.78. The minimum absolute atomic E-state index is 0.0646. The molecule has 0 amide bonds. The minimum atomic E-state index is -0.614. The molecule has 0 aliphatic rings. The highest BCUT2D eigenvalue weighted by atomic mass is 16.7. The lowest BCUT2D eigenvalue weighted by molar-refractivity contribution is -0.0535. The number of esters is 1. The van der Waals surface area contributed by atoms with E-state index >= 15 is 0 Å². The topological polar surface area (TPSA) is 49.7 Å². The molecule has 5 nitrogen and oxygen atoms in total. The van der Waals surface area contributed by atoms with Gasteiger partial charge in [-0.25, -0.2) is 4.79 Å². The molecule has 1 aromatic heterocycles. The van der Waals surface area contributed by atoms with Crippen molar-refractivity contribution in [3.8, 4) is 12.3 Å². The molecule has 0 saturated heterocycles. The minimum Gasteiger partial charge on any atom is -0.461 e. The van der Waals surface area contributed by atoms with Crippen molar-refractivity contribution in [2.45, 2.75) is 13.0 Å². The molecule has 108 valence electrons. The number of methoxy groups -OCH3 is 1. The van der Waals surface area contributed by atoms with Gasteiger partial charge in [0.2, 0.25) is 0 Å². The maximum absolute atomic E-state index is 11.9. The second kappa shape index (κ2) is 7.53. The summed E-state index contributed by atoms with van der Waals surface area (Å²) in [6.45, 7) is 5.86. The molecule has 1 aromatic rings. The Morgan fingerprint density at radius 2 is 2.35 bits per heavy atom. The molecule has 5 heteroatoms. The number of aromatic nitrogens is 1. The van der Waals surface area contributed by atoms with Crippen molar-refractivity contribution in [2.24, 2.45) is 7.05 Å². The van der Waals surface area contributed by atoms with Crippen molar-refractivity contribution in [3.63, 3.8) is 0 Å². The molecule has 0 saturated carbocycles. The molecule has 1 rings (SSSR count). The fourth-order valence-corrected chi connectivity index (χ4v) is 1.87. The zero-order valence-corrected chi connectivity index (χ0v) is 12.0. The Hall–Kier alpha value is -2.03. The molecule has 0 aliphatic carbocycles. The van der Waals surface area contributed by atoms with Crippen LogP contribution < -0.4 is 0 Å². The largest absolute Gasteiger partial charge is 0.461 e. The maximum atomic E-state index is 11.9. The highest BCUT2D eigenvalue weighted by Crippen LogP contribution is 2.26. The number of nitrogens with zero attached hydrogens (tertiary/aromatic N) is 1. The summed E-state index contributed by atoms with van der Waals surface area (Å²) in [6.07, 6.45) is 6.48. The van der Waals surface area contributed by atoms with Gasteiger partial charge < -0.3 is 18.8 Å². The number of ether oxygens (including phenoxy) is 3. The van der Waals surface area contributed by atoms with E-state index in [4.69, 9.17) is 20.6 Å². The zero-order valence-electron chi connectivity index (χ0n) is 12.0. The molecule has 0 bridgehead atoms. The van der Waals surface area contributed by atoms with Gasteiger partial charge in [-0.1, -0.05) is 12.5 Å². The molecular formula is C15H19NO4. The lowest BCUT2D eigenvalue weighted by Gasteiger charge is -2.11. The van der Waals surface area contributed by atoms with Crippen LogP contribution in [0.2, 0.25) is 0 Å². The van der Waals surface area contributed by atoms with Crippen LogP contribution in [0.15, 0.2) is 12.6 Å². The molecule has 1 unspecified atom stereocenters. The maximum Gasteiger partial charge on any atom is 0.354 e. The van der Waals surface area contributed by atoms with Crippen LogP contribution in [0.5, 0.6) is 0 Å². The van der Waals surface area contributed by atoms with Crippen LogP contribution in [-0.4, -0.2) is 31.0 Å². The SMILES string of the molecule is C#CC(OCOC)c1cc(C(=O)OCC)n(C)c1C=C. The first-order valence-corrected chi connectivity index (χ1v) is 6.16. The summed E-state index contributed by atoms with van der Waals surface area (Å²) in [5.74, 6) is 2.11. The quantitative estimate of drug-likeness (QED) is 0.435. The van der Waals surface area contributed by atoms with Crippen molar-refractivity contribution < 1.29 is 19.0 Å². The highest BCUT2D eigenvalue weighted by Gasteiger charge is 2.22. The first kappa shape index (κ1) is 16.0. The molecule has 0 N–H and O–H groups in total. The summed E-state index contributed by atoms with van der Waals surface area (Å²) in [6, 6.07) is 1.66. The fourth-order valence-electron chi connectivity index (χ4n) is 1.87. The Morgan fingerprint density at radius 1 is 1.65 bits per heavy atom. The van der Waals surface area contributed by atoms with Gasteiger partial charge in [-0.2, -0.15) is 0 Å². The van der Waals surface area contributed by atoms with Gasteiger partial charge in [0.15, 0.2) is 0 Å². The van der Waals surface area contributed by atoms with Crippen LogP contribution in [-0.2, 0) is 21.3 Å². The monoisotopic (exact) mass is 277 g/mol. The first-order chi connectivity index (χ1) is 9.60. The van der Waals surface area contributed by atoms with E-state index in [1.807, 2.05) is 0 Å². The molecular weight excluding hydrogens is 258 g/mol. The van der Waals surface area contributed by atoms with E-state index in [0.717, 1.165) is 0 Å². The predicted octanol–water partition coefficient (Wildman–Crippen LogP) is 2.14. The summed E-state index contributed by atoms with van der Waals surface area (Å²) in [5.41, 5.74) is 1.80. The van der Waals surface area contributed by atoms with E-state index in [9.17, 15) is 4.79 Å². The number of terminal acetylenes is 1. The lowest BCUT2D eigenvalue weighted by atomic mass is 10.1. The molecule has 0 fully saturated rings. The molecule has 0 aromatic carbocycles. The van der Waals surface area contributed by atoms with Crippen LogP contribution in [0.3, 0.4) is 0 Å². The fraction of sp³-hybridized carbons (Fsp3) is 0.400. The molecule has 0 spiro atoms. The summed E-state index contributed by atoms with van der Waals surface area (Å²) in [7, 11) is 3.26. The van der Waals surface area contributed by atoms with E-state index in [-0.39, 0.29) is 6.79 Å². The Balaban J connectivity index is 3.19. The average Bonchev–Trinajstić information content (AvgIpc) is 2.77. The molecule has 1 atom stereocenters. The third kappa shape index (κ3) is 3.29. The van der Waals surface area contributed by atoms with Gasteiger partial charge in [0.05, 0.1) is 6.61 Å². The number of rotatable bonds is 7. The van der Waals surface area contributed by atoms with Gasteiger partial charge in [0, 0.05) is 25.4 Å². The van der Waals surface area contributed by atoms with Gasteiger partial charge in [0.25, 0.3) is 0 Å². The van der Waals surface area contributed by atoms with Crippen molar-refractivity contribution in [1.82, 2.24) is 4.57 Å². The Bertz CT molecular complexity index is 525. The van der Waals surface area contributed by atoms with Gasteiger partial charge in [-0.3, -0.25) is 0 Å². The molecule has 20 heavy (non-hydrogen) atoms. The first-order valence-electron chi connectivity index (χ1n) is 6.16. The number of carbonyl (C=O) groups excluding carboxylic acids is 1. The van der Waals surface area contributed by atoms with Crippen molar-refractivity contribution in [2.75, 3.05) is 20.5 Å². The Morgan fingerprint density at radius 3 is 2.85 bits per heavy atom. The summed E-state index contributed by atoms with van der Waals surface area (Å²) < 4.78 is 16.9. The van der Waals surface area contributed by atoms with Crippen LogP contribution in [0, 0.1) is 12.3 Å². The van der Waals surface area contributed by atoms with Crippen molar-refractivity contribution in [3.05, 3.63) is 29.6 Å². The van der Waals surface area contributed by atoms with Crippen LogP contribution in [0.1, 0.15) is 34.8 Å². The van der Waals surface area contributed by atoms with E-state index in [1.54, 1.807) is 30.7 Å². The highest BCUT2D eigenvalue weighted by molar-refractivity contribution is 5.89. The summed E-state index contributed by atoms with van der Waals surface area (Å²) >= 11 is 0. The van der Waals surface area contributed by atoms with Gasteiger partial charge in [-0.05, 0) is 19.1 Å². The van der Waals surface area contributed by atoms with E-state index in [1.165, 1.54) is 7.11 Å². The summed E-state index contributed by atoms with van der Waals surface area (Å²) in [5, 5.41) is 0. The van der Waals surface area contributed by atoms with Crippen LogP contribution >= 0.6 is 0 Å². The lowest BCUT2D eigenvalue weighted by Crippen LogP contribution is -2.10. The van der Waals surface area contributed by atoms with Crippen molar-refractivity contribution in [1.29, 1.82) is 0 Å². The van der Waals surface area contributed by atoms with Gasteiger partial charge >= 0.3 is 5.97 Å². The zero-order chi connectivity index (χ0) is 15.1. The normalized spacial score (nSPS) is 11.7. The molecule has 0 aliphatic heterocycles. The third-order valence-electron chi connectivity index (χ3n) is 2.78. The number of carbonyl (C=O) groups is 1. The standard InChI is InChI=1S/C15H19NO4/c1-6-12-11(14(7-2)20-10-18-5)9-13(16(12)4)15(17)19-8-3/h2,6,9,14H,1,8,10H2,3-5H3. The molecule has 1 heterocycles. The van der Waals surface area contributed by atoms with E-state index in [0.29, 0.717) is 23.6 Å². The second-order valence-electron chi connectivity index (χ2n) is 3.97. The smallest absolute Gasteiger partial charge is 0.354 e. The Labute approximate surface area is 119 Å². The summed E-state index contributed by atoms with van der Waals surface area (Å²) in [4.78, 5) is 11.9. The number of hydrogen-bond acceptors (Lipinski definition) is 4. The average molecular weight is 277 g/mol. The van der Waals surface area contributed by atoms with Gasteiger partial charge in [-0.15, -0.1) is 6.42 Å².